The average Bonchev–Trinajstić information content (AvgIpc) is 2.68. The van der Waals surface area contributed by atoms with Gasteiger partial charge in [-0.2, -0.15) is 0 Å². The van der Waals surface area contributed by atoms with Crippen molar-refractivity contribution in [3.8, 4) is 5.75 Å². The van der Waals surface area contributed by atoms with Gasteiger partial charge in [0.15, 0.2) is 0 Å². The molecule has 0 N–H and O–H groups in total. The van der Waals surface area contributed by atoms with E-state index in [9.17, 15) is 0 Å². The van der Waals surface area contributed by atoms with Crippen LogP contribution in [-0.2, 0) is 6.42 Å². The van der Waals surface area contributed by atoms with Gasteiger partial charge < -0.3 is 4.74 Å². The molecule has 17 heavy (non-hydrogen) atoms. The second-order valence-corrected chi connectivity index (χ2v) is 6.31. The van der Waals surface area contributed by atoms with E-state index in [2.05, 4.69) is 48.0 Å². The summed E-state index contributed by atoms with van der Waals surface area (Å²) in [6.07, 6.45) is 6.36. The number of aryl methyl sites for hydroxylation is 1. The SMILES string of the molecule is CCCC(Br)CCC1Cc2cc(C)ccc2O1. The van der Waals surface area contributed by atoms with Crippen molar-refractivity contribution in [1.82, 2.24) is 0 Å². The number of halogens is 1. The van der Waals surface area contributed by atoms with E-state index in [0.29, 0.717) is 10.9 Å². The number of benzene rings is 1. The fraction of sp³-hybridized carbons (Fsp3) is 0.600. The van der Waals surface area contributed by atoms with Gasteiger partial charge in [0.05, 0.1) is 0 Å². The molecule has 2 heteroatoms. The maximum absolute atomic E-state index is 5.97. The normalized spacial score (nSPS) is 19.8. The van der Waals surface area contributed by atoms with Crippen molar-refractivity contribution in [2.45, 2.75) is 56.9 Å². The second-order valence-electron chi connectivity index (χ2n) is 5.02. The third-order valence-electron chi connectivity index (χ3n) is 3.36. The molecule has 1 aromatic carbocycles. The quantitative estimate of drug-likeness (QED) is 0.719. The van der Waals surface area contributed by atoms with Gasteiger partial charge in [-0.25, -0.2) is 0 Å². The van der Waals surface area contributed by atoms with Gasteiger partial charge in [-0.15, -0.1) is 0 Å². The number of ether oxygens (including phenoxy) is 1. The van der Waals surface area contributed by atoms with E-state index in [1.54, 1.807) is 0 Å². The number of fused-ring (bicyclic) bond motifs is 1. The van der Waals surface area contributed by atoms with Crippen molar-refractivity contribution >= 4 is 15.9 Å². The molecule has 0 spiro atoms. The Morgan fingerprint density at radius 3 is 3.00 bits per heavy atom. The summed E-state index contributed by atoms with van der Waals surface area (Å²) in [7, 11) is 0. The molecule has 0 saturated heterocycles. The minimum atomic E-state index is 0.392. The highest BCUT2D eigenvalue weighted by molar-refractivity contribution is 9.09. The van der Waals surface area contributed by atoms with Crippen LogP contribution < -0.4 is 4.74 Å². The van der Waals surface area contributed by atoms with Gasteiger partial charge in [0.1, 0.15) is 11.9 Å². The maximum Gasteiger partial charge on any atom is 0.123 e. The van der Waals surface area contributed by atoms with Crippen LogP contribution >= 0.6 is 15.9 Å². The number of hydrogen-bond acceptors (Lipinski definition) is 1. The minimum absolute atomic E-state index is 0.392. The molecule has 1 heterocycles. The van der Waals surface area contributed by atoms with E-state index in [4.69, 9.17) is 4.74 Å². The van der Waals surface area contributed by atoms with E-state index in [1.165, 1.54) is 30.4 Å². The summed E-state index contributed by atoms with van der Waals surface area (Å²) < 4.78 is 5.97. The van der Waals surface area contributed by atoms with Gasteiger partial charge in [-0.1, -0.05) is 47.0 Å². The van der Waals surface area contributed by atoms with Gasteiger partial charge in [-0.3, -0.25) is 0 Å². The largest absolute Gasteiger partial charge is 0.490 e. The molecule has 94 valence electrons. The zero-order valence-corrected chi connectivity index (χ0v) is 12.3. The van der Waals surface area contributed by atoms with Crippen LogP contribution in [0.1, 0.15) is 43.7 Å². The predicted octanol–water partition coefficient (Wildman–Crippen LogP) is 4.64. The molecule has 0 amide bonds. The van der Waals surface area contributed by atoms with Crippen molar-refractivity contribution in [3.05, 3.63) is 29.3 Å². The van der Waals surface area contributed by atoms with Gasteiger partial charge in [-0.05, 0) is 37.8 Å². The summed E-state index contributed by atoms with van der Waals surface area (Å²) >= 11 is 3.74. The topological polar surface area (TPSA) is 9.23 Å². The van der Waals surface area contributed by atoms with Gasteiger partial charge in [0.2, 0.25) is 0 Å². The fourth-order valence-corrected chi connectivity index (χ4v) is 3.16. The van der Waals surface area contributed by atoms with Crippen LogP contribution in [0.15, 0.2) is 18.2 Å². The molecule has 2 atom stereocenters. The monoisotopic (exact) mass is 296 g/mol. The molecule has 1 aliphatic heterocycles. The van der Waals surface area contributed by atoms with Crippen molar-refractivity contribution in [2.75, 3.05) is 0 Å². The first-order valence-electron chi connectivity index (χ1n) is 6.59. The van der Waals surface area contributed by atoms with Crippen LogP contribution in [0.2, 0.25) is 0 Å². The van der Waals surface area contributed by atoms with Crippen LogP contribution in [0.3, 0.4) is 0 Å². The number of alkyl halides is 1. The Bertz CT molecular complexity index is 375. The summed E-state index contributed by atoms with van der Waals surface area (Å²) in [5, 5.41) is 0. The van der Waals surface area contributed by atoms with E-state index >= 15 is 0 Å². The van der Waals surface area contributed by atoms with Crippen molar-refractivity contribution in [3.63, 3.8) is 0 Å². The lowest BCUT2D eigenvalue weighted by Gasteiger charge is -2.13. The molecule has 0 aromatic heterocycles. The molecule has 0 saturated carbocycles. The Morgan fingerprint density at radius 1 is 1.41 bits per heavy atom. The first kappa shape index (κ1) is 12.9. The Morgan fingerprint density at radius 2 is 2.24 bits per heavy atom. The summed E-state index contributed by atoms with van der Waals surface area (Å²) in [6, 6.07) is 6.50. The molecule has 0 bridgehead atoms. The first-order chi connectivity index (χ1) is 8.19. The fourth-order valence-electron chi connectivity index (χ4n) is 2.43. The highest BCUT2D eigenvalue weighted by Gasteiger charge is 2.23. The van der Waals surface area contributed by atoms with Gasteiger partial charge in [0, 0.05) is 11.2 Å². The lowest BCUT2D eigenvalue weighted by molar-refractivity contribution is 0.217. The van der Waals surface area contributed by atoms with E-state index in [0.717, 1.165) is 18.6 Å². The smallest absolute Gasteiger partial charge is 0.123 e. The third kappa shape index (κ3) is 3.48. The third-order valence-corrected chi connectivity index (χ3v) is 4.28. The van der Waals surface area contributed by atoms with Crippen LogP contribution in [0.5, 0.6) is 5.75 Å². The highest BCUT2D eigenvalue weighted by Crippen LogP contribution is 2.32. The molecular formula is C15H21BrO. The van der Waals surface area contributed by atoms with Gasteiger partial charge >= 0.3 is 0 Å². The number of rotatable bonds is 5. The molecule has 0 fully saturated rings. The van der Waals surface area contributed by atoms with Crippen LogP contribution in [-0.4, -0.2) is 10.9 Å². The molecule has 1 aromatic rings. The second kappa shape index (κ2) is 5.90. The van der Waals surface area contributed by atoms with Crippen LogP contribution in [0, 0.1) is 6.92 Å². The molecule has 0 radical (unpaired) electrons. The Labute approximate surface area is 113 Å². The average molecular weight is 297 g/mol. The zero-order valence-electron chi connectivity index (χ0n) is 10.7. The van der Waals surface area contributed by atoms with Crippen LogP contribution in [0.25, 0.3) is 0 Å². The maximum atomic E-state index is 5.97. The predicted molar refractivity (Wildman–Crippen MR) is 76.2 cm³/mol. The van der Waals surface area contributed by atoms with E-state index in [1.807, 2.05) is 0 Å². The molecule has 2 rings (SSSR count). The van der Waals surface area contributed by atoms with Crippen molar-refractivity contribution < 1.29 is 4.74 Å². The van der Waals surface area contributed by atoms with E-state index < -0.39 is 0 Å². The molecule has 0 aliphatic carbocycles. The zero-order chi connectivity index (χ0) is 12.3. The highest BCUT2D eigenvalue weighted by atomic mass is 79.9. The summed E-state index contributed by atoms with van der Waals surface area (Å²) in [6.45, 7) is 4.38. The van der Waals surface area contributed by atoms with Gasteiger partial charge in [0.25, 0.3) is 0 Å². The van der Waals surface area contributed by atoms with Crippen molar-refractivity contribution in [1.29, 1.82) is 0 Å². The van der Waals surface area contributed by atoms with Crippen molar-refractivity contribution in [2.24, 2.45) is 0 Å². The Hall–Kier alpha value is -0.500. The lowest BCUT2D eigenvalue weighted by atomic mass is 10.0. The molecular weight excluding hydrogens is 276 g/mol. The lowest BCUT2D eigenvalue weighted by Crippen LogP contribution is -2.14. The molecule has 2 unspecified atom stereocenters. The minimum Gasteiger partial charge on any atom is -0.490 e. The molecule has 1 nitrogen and oxygen atoms in total. The standard InChI is InChI=1S/C15H21BrO/c1-3-4-13(16)6-7-14-10-12-9-11(2)5-8-15(12)17-14/h5,8-9,13-14H,3-4,6-7,10H2,1-2H3. The first-order valence-corrected chi connectivity index (χ1v) is 7.51. The number of hydrogen-bond donors (Lipinski definition) is 0. The summed E-state index contributed by atoms with van der Waals surface area (Å²) in [5.41, 5.74) is 2.72. The van der Waals surface area contributed by atoms with E-state index in [-0.39, 0.29) is 0 Å². The summed E-state index contributed by atoms with van der Waals surface area (Å²) in [4.78, 5) is 0.654. The van der Waals surface area contributed by atoms with Crippen LogP contribution in [0.4, 0.5) is 0 Å². The summed E-state index contributed by atoms with van der Waals surface area (Å²) in [5.74, 6) is 1.10. The Balaban J connectivity index is 1.84. The Kier molecular flexibility index (Phi) is 4.49. The molecule has 1 aliphatic rings.